The highest BCUT2D eigenvalue weighted by atomic mass is 79.9. The standard InChI is InChI=1S/C18H18BrF2O5PS/c1-2-26-17(22)14-6-3-12(4-7-14)10-28-11-13-5-8-15(16(19)9-13)18(20,21)27(23,24)25/h3-9H,2,10-11H2,1H3,(H2,23,24,25). The third-order valence-corrected chi connectivity index (χ3v) is 6.43. The SMILES string of the molecule is CCOC(=O)c1ccc(CSCc2ccc(C(F)(F)P(=O)(O)O)c(Br)c2)cc1. The van der Waals surface area contributed by atoms with Gasteiger partial charge in [0.1, 0.15) is 0 Å². The van der Waals surface area contributed by atoms with Gasteiger partial charge < -0.3 is 14.5 Å². The second-order valence-corrected chi connectivity index (χ2v) is 9.30. The first kappa shape index (κ1) is 23.0. The average Bonchev–Trinajstić information content (AvgIpc) is 2.61. The summed E-state index contributed by atoms with van der Waals surface area (Å²) in [6, 6.07) is 10.9. The van der Waals surface area contributed by atoms with E-state index in [-0.39, 0.29) is 10.4 Å². The number of carbonyl (C=O) groups is 1. The largest absolute Gasteiger partial charge is 0.462 e. The van der Waals surface area contributed by atoms with E-state index in [1.54, 1.807) is 19.1 Å². The number of ether oxygens (including phenoxy) is 1. The van der Waals surface area contributed by atoms with Gasteiger partial charge in [-0.05, 0) is 36.2 Å². The van der Waals surface area contributed by atoms with Crippen molar-refractivity contribution in [1.29, 1.82) is 0 Å². The summed E-state index contributed by atoms with van der Waals surface area (Å²) in [7, 11) is -5.61. The van der Waals surface area contributed by atoms with Crippen LogP contribution in [0.15, 0.2) is 46.9 Å². The Morgan fingerprint density at radius 1 is 1.14 bits per heavy atom. The second-order valence-electron chi connectivity index (χ2n) is 5.81. The van der Waals surface area contributed by atoms with Crippen molar-refractivity contribution in [3.05, 3.63) is 69.2 Å². The molecule has 0 aliphatic rings. The lowest BCUT2D eigenvalue weighted by atomic mass is 10.1. The summed E-state index contributed by atoms with van der Waals surface area (Å²) in [4.78, 5) is 29.3. The van der Waals surface area contributed by atoms with Crippen molar-refractivity contribution in [1.82, 2.24) is 0 Å². The zero-order chi connectivity index (χ0) is 20.9. The third-order valence-electron chi connectivity index (χ3n) is 3.73. The summed E-state index contributed by atoms with van der Waals surface area (Å²) in [6.45, 7) is 2.05. The molecule has 5 nitrogen and oxygen atoms in total. The van der Waals surface area contributed by atoms with E-state index < -0.39 is 18.8 Å². The molecule has 0 saturated carbocycles. The van der Waals surface area contributed by atoms with E-state index in [1.807, 2.05) is 12.1 Å². The van der Waals surface area contributed by atoms with Gasteiger partial charge in [0.05, 0.1) is 12.2 Å². The van der Waals surface area contributed by atoms with Crippen LogP contribution in [0.5, 0.6) is 0 Å². The molecule has 0 amide bonds. The number of benzene rings is 2. The molecule has 2 N–H and O–H groups in total. The van der Waals surface area contributed by atoms with Crippen LogP contribution in [0, 0.1) is 0 Å². The summed E-state index contributed by atoms with van der Waals surface area (Å²) in [5.74, 6) is 0.778. The molecule has 2 aromatic rings. The molecule has 0 fully saturated rings. The van der Waals surface area contributed by atoms with Crippen LogP contribution in [-0.2, 0) is 26.5 Å². The molecule has 0 heterocycles. The maximum Gasteiger partial charge on any atom is 0.399 e. The number of hydrogen-bond acceptors (Lipinski definition) is 4. The number of esters is 1. The Bertz CT molecular complexity index is 886. The van der Waals surface area contributed by atoms with Gasteiger partial charge in [-0.1, -0.05) is 40.2 Å². The molecule has 0 atom stereocenters. The van der Waals surface area contributed by atoms with Crippen LogP contribution in [0.4, 0.5) is 8.78 Å². The number of hydrogen-bond donors (Lipinski definition) is 2. The van der Waals surface area contributed by atoms with E-state index in [0.29, 0.717) is 23.7 Å². The Balaban J connectivity index is 1.98. The summed E-state index contributed by atoms with van der Waals surface area (Å²) >= 11 is 4.50. The zero-order valence-corrected chi connectivity index (χ0v) is 18.1. The van der Waals surface area contributed by atoms with Crippen molar-refractivity contribution >= 4 is 41.3 Å². The van der Waals surface area contributed by atoms with E-state index in [2.05, 4.69) is 15.9 Å². The molecular formula is C18H18BrF2O5PS. The van der Waals surface area contributed by atoms with E-state index in [0.717, 1.165) is 17.2 Å². The van der Waals surface area contributed by atoms with E-state index in [4.69, 9.17) is 14.5 Å². The molecule has 0 radical (unpaired) electrons. The van der Waals surface area contributed by atoms with Crippen LogP contribution in [-0.4, -0.2) is 22.4 Å². The second kappa shape index (κ2) is 9.50. The minimum atomic E-state index is -5.61. The zero-order valence-electron chi connectivity index (χ0n) is 14.8. The predicted octanol–water partition coefficient (Wildman–Crippen LogP) is 5.29. The summed E-state index contributed by atoms with van der Waals surface area (Å²) in [6.07, 6.45) is 0. The van der Waals surface area contributed by atoms with Gasteiger partial charge in [-0.3, -0.25) is 4.57 Å². The Labute approximate surface area is 173 Å². The molecule has 152 valence electrons. The Kier molecular flexibility index (Phi) is 7.81. The van der Waals surface area contributed by atoms with Gasteiger partial charge in [-0.25, -0.2) is 4.79 Å². The Morgan fingerprint density at radius 3 is 2.25 bits per heavy atom. The quantitative estimate of drug-likeness (QED) is 0.383. The van der Waals surface area contributed by atoms with E-state index >= 15 is 0 Å². The van der Waals surface area contributed by atoms with Gasteiger partial charge in [0.15, 0.2) is 0 Å². The van der Waals surface area contributed by atoms with Crippen molar-refractivity contribution in [2.24, 2.45) is 0 Å². The first-order valence-electron chi connectivity index (χ1n) is 8.12. The molecule has 0 unspecified atom stereocenters. The average molecular weight is 495 g/mol. The maximum absolute atomic E-state index is 13.8. The van der Waals surface area contributed by atoms with Crippen molar-refractivity contribution in [2.75, 3.05) is 6.61 Å². The van der Waals surface area contributed by atoms with E-state index in [9.17, 15) is 18.1 Å². The lowest BCUT2D eigenvalue weighted by molar-refractivity contribution is 0.0526. The third kappa shape index (κ3) is 5.64. The molecule has 0 bridgehead atoms. The fourth-order valence-corrected chi connectivity index (χ4v) is 4.57. The molecule has 0 saturated heterocycles. The lowest BCUT2D eigenvalue weighted by Gasteiger charge is -2.19. The van der Waals surface area contributed by atoms with Gasteiger partial charge in [-0.2, -0.15) is 20.5 Å². The summed E-state index contributed by atoms with van der Waals surface area (Å²) in [5.41, 5.74) is -2.81. The number of thioether (sulfide) groups is 1. The number of rotatable bonds is 8. The number of alkyl halides is 2. The lowest BCUT2D eigenvalue weighted by Crippen LogP contribution is -2.14. The number of carbonyl (C=O) groups excluding carboxylic acids is 1. The highest BCUT2D eigenvalue weighted by Crippen LogP contribution is 2.60. The predicted molar refractivity (Wildman–Crippen MR) is 107 cm³/mol. The van der Waals surface area contributed by atoms with Crippen molar-refractivity contribution < 1.29 is 32.7 Å². The topological polar surface area (TPSA) is 83.8 Å². The monoisotopic (exact) mass is 494 g/mol. The first-order valence-corrected chi connectivity index (χ1v) is 11.7. The molecule has 0 aliphatic carbocycles. The fraction of sp³-hybridized carbons (Fsp3) is 0.278. The van der Waals surface area contributed by atoms with Crippen LogP contribution < -0.4 is 0 Å². The normalized spacial score (nSPS) is 12.1. The van der Waals surface area contributed by atoms with Gasteiger partial charge in [0.25, 0.3) is 0 Å². The van der Waals surface area contributed by atoms with Crippen molar-refractivity contribution in [3.8, 4) is 0 Å². The molecule has 2 rings (SSSR count). The van der Waals surface area contributed by atoms with Gasteiger partial charge in [0.2, 0.25) is 0 Å². The smallest absolute Gasteiger partial charge is 0.399 e. The summed E-state index contributed by atoms with van der Waals surface area (Å²) < 4.78 is 43.5. The van der Waals surface area contributed by atoms with Gasteiger partial charge in [-0.15, -0.1) is 0 Å². The highest BCUT2D eigenvalue weighted by Gasteiger charge is 2.51. The Hall–Kier alpha value is -1.25. The van der Waals surface area contributed by atoms with Crippen LogP contribution in [0.2, 0.25) is 0 Å². The van der Waals surface area contributed by atoms with Crippen LogP contribution in [0.3, 0.4) is 0 Å². The fourth-order valence-electron chi connectivity index (χ4n) is 2.29. The Morgan fingerprint density at radius 2 is 1.71 bits per heavy atom. The van der Waals surface area contributed by atoms with Crippen LogP contribution >= 0.6 is 35.3 Å². The maximum atomic E-state index is 13.8. The van der Waals surface area contributed by atoms with Crippen LogP contribution in [0.1, 0.15) is 34.0 Å². The summed E-state index contributed by atoms with van der Waals surface area (Å²) in [5, 5.41) is 0. The van der Waals surface area contributed by atoms with Gasteiger partial charge >= 0.3 is 19.2 Å². The molecule has 10 heteroatoms. The van der Waals surface area contributed by atoms with Crippen molar-refractivity contribution in [2.45, 2.75) is 24.1 Å². The minimum absolute atomic E-state index is 0.0577. The van der Waals surface area contributed by atoms with Gasteiger partial charge in [0, 0.05) is 21.5 Å². The molecule has 0 spiro atoms. The van der Waals surface area contributed by atoms with E-state index in [1.165, 1.54) is 23.9 Å². The molecule has 2 aromatic carbocycles. The highest BCUT2D eigenvalue weighted by molar-refractivity contribution is 9.10. The molecule has 0 aliphatic heterocycles. The first-order chi connectivity index (χ1) is 13.1. The number of halogens is 3. The minimum Gasteiger partial charge on any atom is -0.462 e. The molecule has 0 aromatic heterocycles. The van der Waals surface area contributed by atoms with Crippen LogP contribution in [0.25, 0.3) is 0 Å². The molecular weight excluding hydrogens is 477 g/mol. The molecule has 28 heavy (non-hydrogen) atoms. The van der Waals surface area contributed by atoms with Crippen molar-refractivity contribution in [3.63, 3.8) is 0 Å².